The largest absolute Gasteiger partial charge is 0.444 e. The summed E-state index contributed by atoms with van der Waals surface area (Å²) in [6.07, 6.45) is -0.593. The van der Waals surface area contributed by atoms with Crippen LogP contribution in [0.25, 0.3) is 0 Å². The van der Waals surface area contributed by atoms with Gasteiger partial charge in [-0.3, -0.25) is 5.32 Å². The Morgan fingerprint density at radius 3 is 2.56 bits per heavy atom. The van der Waals surface area contributed by atoms with Crippen LogP contribution in [0.3, 0.4) is 0 Å². The Bertz CT molecular complexity index is 418. The molecule has 1 heterocycles. The molecule has 1 aromatic rings. The Balaban J connectivity index is 2.68. The first-order valence-electron chi connectivity index (χ1n) is 5.72. The number of hydrogen-bond acceptors (Lipinski definition) is 5. The molecule has 0 radical (unpaired) electrons. The molecule has 0 aliphatic carbocycles. The van der Waals surface area contributed by atoms with Crippen molar-refractivity contribution >= 4 is 11.9 Å². The number of ether oxygens (including phenoxy) is 1. The summed E-state index contributed by atoms with van der Waals surface area (Å²) in [5.41, 5.74) is -1.11. The number of amides is 1. The van der Waals surface area contributed by atoms with Gasteiger partial charge in [-0.05, 0) is 20.8 Å². The van der Waals surface area contributed by atoms with Gasteiger partial charge in [0.25, 0.3) is 0 Å². The highest BCUT2D eigenvalue weighted by Crippen LogP contribution is 2.24. The first kappa shape index (κ1) is 14.5. The van der Waals surface area contributed by atoms with E-state index in [1.54, 1.807) is 26.8 Å². The summed E-state index contributed by atoms with van der Waals surface area (Å²) in [5, 5.41) is 15.4. The van der Waals surface area contributed by atoms with Crippen LogP contribution in [0.5, 0.6) is 0 Å². The molecule has 1 rings (SSSR count). The Kier molecular flexibility index (Phi) is 4.01. The average molecular weight is 256 g/mol. The fraction of sp³-hybridized carbons (Fsp3) is 0.667. The van der Waals surface area contributed by atoms with Crippen molar-refractivity contribution in [2.24, 2.45) is 0 Å². The van der Waals surface area contributed by atoms with Crippen LogP contribution in [-0.2, 0) is 10.2 Å². The quantitative estimate of drug-likeness (QED) is 0.866. The summed E-state index contributed by atoms with van der Waals surface area (Å²) in [6.45, 7) is 8.87. The van der Waals surface area contributed by atoms with Gasteiger partial charge in [0, 0.05) is 11.5 Å². The molecule has 1 amide bonds. The molecule has 0 aromatic carbocycles. The van der Waals surface area contributed by atoms with E-state index < -0.39 is 17.1 Å². The molecule has 0 aliphatic rings. The Morgan fingerprint density at radius 2 is 2.06 bits per heavy atom. The van der Waals surface area contributed by atoms with Crippen LogP contribution in [-0.4, -0.2) is 28.6 Å². The molecule has 0 saturated heterocycles. The van der Waals surface area contributed by atoms with E-state index in [0.717, 1.165) is 0 Å². The maximum absolute atomic E-state index is 11.5. The van der Waals surface area contributed by atoms with Gasteiger partial charge in [0.15, 0.2) is 5.82 Å². The normalized spacial score (nSPS) is 12.3. The monoisotopic (exact) mass is 256 g/mol. The van der Waals surface area contributed by atoms with Crippen LogP contribution in [0.2, 0.25) is 0 Å². The van der Waals surface area contributed by atoms with Gasteiger partial charge < -0.3 is 14.4 Å². The Morgan fingerprint density at radius 1 is 1.44 bits per heavy atom. The highest BCUT2D eigenvalue weighted by Gasteiger charge is 2.25. The van der Waals surface area contributed by atoms with Crippen molar-refractivity contribution in [3.8, 4) is 0 Å². The van der Waals surface area contributed by atoms with Crippen molar-refractivity contribution in [2.45, 2.75) is 45.6 Å². The Labute approximate surface area is 106 Å². The van der Waals surface area contributed by atoms with Gasteiger partial charge in [0.05, 0.1) is 6.61 Å². The van der Waals surface area contributed by atoms with Gasteiger partial charge in [-0.1, -0.05) is 19.0 Å². The van der Waals surface area contributed by atoms with Crippen LogP contribution in [0.1, 0.15) is 40.4 Å². The topological polar surface area (TPSA) is 84.6 Å². The molecule has 0 fully saturated rings. The number of carbonyl (C=O) groups excluding carboxylic acids is 1. The average Bonchev–Trinajstić information content (AvgIpc) is 2.63. The van der Waals surface area contributed by atoms with E-state index in [2.05, 4.69) is 10.5 Å². The molecule has 0 saturated carbocycles. The minimum absolute atomic E-state index is 0.0753. The number of nitrogens with zero attached hydrogens (tertiary/aromatic N) is 1. The van der Waals surface area contributed by atoms with Gasteiger partial charge in [-0.15, -0.1) is 0 Å². The van der Waals surface area contributed by atoms with E-state index in [9.17, 15) is 9.90 Å². The molecule has 0 atom stereocenters. The van der Waals surface area contributed by atoms with Crippen LogP contribution in [0.15, 0.2) is 10.6 Å². The van der Waals surface area contributed by atoms with Crippen molar-refractivity contribution in [3.63, 3.8) is 0 Å². The van der Waals surface area contributed by atoms with Crippen molar-refractivity contribution in [1.29, 1.82) is 0 Å². The lowest BCUT2D eigenvalue weighted by Gasteiger charge is -2.19. The van der Waals surface area contributed by atoms with E-state index in [0.29, 0.717) is 5.76 Å². The van der Waals surface area contributed by atoms with Gasteiger partial charge >= 0.3 is 6.09 Å². The second-order valence-corrected chi connectivity index (χ2v) is 5.75. The summed E-state index contributed by atoms with van der Waals surface area (Å²) in [7, 11) is 0. The molecule has 0 aliphatic heterocycles. The minimum atomic E-state index is -0.593. The van der Waals surface area contributed by atoms with E-state index in [4.69, 9.17) is 9.26 Å². The fourth-order valence-electron chi connectivity index (χ4n) is 1.14. The molecular weight excluding hydrogens is 236 g/mol. The maximum atomic E-state index is 11.5. The van der Waals surface area contributed by atoms with E-state index in [1.807, 2.05) is 13.8 Å². The second kappa shape index (κ2) is 4.97. The molecule has 1 aromatic heterocycles. The molecule has 6 heteroatoms. The van der Waals surface area contributed by atoms with Crippen LogP contribution in [0.4, 0.5) is 10.6 Å². The summed E-state index contributed by atoms with van der Waals surface area (Å²) in [5.74, 6) is 0.761. The van der Waals surface area contributed by atoms with Gasteiger partial charge in [-0.2, -0.15) is 0 Å². The van der Waals surface area contributed by atoms with Gasteiger partial charge in [0.2, 0.25) is 0 Å². The molecule has 18 heavy (non-hydrogen) atoms. The van der Waals surface area contributed by atoms with Crippen LogP contribution in [0, 0.1) is 0 Å². The summed E-state index contributed by atoms with van der Waals surface area (Å²) in [6, 6.07) is 1.57. The first-order chi connectivity index (χ1) is 8.14. The third-order valence-corrected chi connectivity index (χ3v) is 2.20. The summed E-state index contributed by atoms with van der Waals surface area (Å²) in [4.78, 5) is 11.5. The number of rotatable bonds is 3. The molecule has 2 N–H and O–H groups in total. The maximum Gasteiger partial charge on any atom is 0.413 e. The summed E-state index contributed by atoms with van der Waals surface area (Å²) < 4.78 is 10.2. The molecule has 0 bridgehead atoms. The fourth-order valence-corrected chi connectivity index (χ4v) is 1.14. The number of nitrogens with one attached hydrogen (secondary N) is 1. The highest BCUT2D eigenvalue weighted by atomic mass is 16.6. The van der Waals surface area contributed by atoms with Crippen LogP contribution >= 0.6 is 0 Å². The molecule has 6 nitrogen and oxygen atoms in total. The van der Waals surface area contributed by atoms with Gasteiger partial charge in [0.1, 0.15) is 11.4 Å². The number of aliphatic hydroxyl groups excluding tert-OH is 1. The van der Waals surface area contributed by atoms with Gasteiger partial charge in [-0.25, -0.2) is 4.79 Å². The zero-order valence-corrected chi connectivity index (χ0v) is 11.4. The van der Waals surface area contributed by atoms with Crippen molar-refractivity contribution in [2.75, 3.05) is 11.9 Å². The molecular formula is C12H20N2O4. The lowest BCUT2D eigenvalue weighted by atomic mass is 9.92. The van der Waals surface area contributed by atoms with Crippen LogP contribution < -0.4 is 5.32 Å². The molecule has 0 unspecified atom stereocenters. The third kappa shape index (κ3) is 4.03. The number of hydrogen-bond donors (Lipinski definition) is 2. The number of carbonyl (C=O) groups is 1. The predicted octanol–water partition coefficient (Wildman–Crippen LogP) is 2.29. The van der Waals surface area contributed by atoms with E-state index >= 15 is 0 Å². The lowest BCUT2D eigenvalue weighted by Crippen LogP contribution is -2.27. The SMILES string of the molecule is CC(C)(C)OC(=O)Nc1cc(C(C)(C)CO)on1. The van der Waals surface area contributed by atoms with Crippen molar-refractivity contribution < 1.29 is 19.2 Å². The molecule has 0 spiro atoms. The number of anilines is 1. The van der Waals surface area contributed by atoms with E-state index in [1.165, 1.54) is 0 Å². The standard InChI is InChI=1S/C12H20N2O4/c1-11(2,3)17-10(16)13-9-6-8(18-14-9)12(4,5)7-15/h6,15H,7H2,1-5H3,(H,13,14,16). The van der Waals surface area contributed by atoms with Crippen molar-refractivity contribution in [3.05, 3.63) is 11.8 Å². The number of aromatic nitrogens is 1. The highest BCUT2D eigenvalue weighted by molar-refractivity contribution is 5.83. The zero-order valence-electron chi connectivity index (χ0n) is 11.4. The smallest absolute Gasteiger partial charge is 0.413 e. The Hall–Kier alpha value is -1.56. The summed E-state index contributed by atoms with van der Waals surface area (Å²) >= 11 is 0. The first-order valence-corrected chi connectivity index (χ1v) is 5.72. The minimum Gasteiger partial charge on any atom is -0.444 e. The number of aliphatic hydroxyl groups is 1. The zero-order chi connectivity index (χ0) is 14.0. The molecule has 102 valence electrons. The predicted molar refractivity (Wildman–Crippen MR) is 66.5 cm³/mol. The van der Waals surface area contributed by atoms with Crippen molar-refractivity contribution in [1.82, 2.24) is 5.16 Å². The third-order valence-electron chi connectivity index (χ3n) is 2.20. The van der Waals surface area contributed by atoms with E-state index in [-0.39, 0.29) is 12.4 Å². The lowest BCUT2D eigenvalue weighted by molar-refractivity contribution is 0.0634. The second-order valence-electron chi connectivity index (χ2n) is 5.75.